The lowest BCUT2D eigenvalue weighted by Gasteiger charge is -2.08. The molecule has 1 aromatic heterocycles. The maximum atomic E-state index is 5.82. The predicted octanol–water partition coefficient (Wildman–Crippen LogP) is 3.60. The van der Waals surface area contributed by atoms with Gasteiger partial charge < -0.3 is 11.1 Å². The molecule has 0 aliphatic heterocycles. The number of rotatable bonds is 3. The van der Waals surface area contributed by atoms with E-state index in [9.17, 15) is 0 Å². The molecule has 0 radical (unpaired) electrons. The van der Waals surface area contributed by atoms with Gasteiger partial charge in [0.2, 0.25) is 0 Å². The van der Waals surface area contributed by atoms with Crippen molar-refractivity contribution < 1.29 is 0 Å². The third-order valence-corrected chi connectivity index (χ3v) is 3.16. The highest BCUT2D eigenvalue weighted by atomic mass is 35.5. The monoisotopic (exact) mass is 238 g/mol. The van der Waals surface area contributed by atoms with Crippen LogP contribution in [0.4, 0.5) is 11.4 Å². The minimum Gasteiger partial charge on any atom is -0.397 e. The van der Waals surface area contributed by atoms with Crippen LogP contribution < -0.4 is 11.1 Å². The van der Waals surface area contributed by atoms with E-state index in [1.165, 1.54) is 4.88 Å². The average molecular weight is 239 g/mol. The zero-order valence-corrected chi connectivity index (χ0v) is 9.61. The van der Waals surface area contributed by atoms with Gasteiger partial charge in [-0.25, -0.2) is 0 Å². The molecular weight excluding hydrogens is 228 g/mol. The summed E-state index contributed by atoms with van der Waals surface area (Å²) < 4.78 is 0. The third kappa shape index (κ3) is 2.64. The van der Waals surface area contributed by atoms with Crippen molar-refractivity contribution in [3.63, 3.8) is 0 Å². The Kier molecular flexibility index (Phi) is 3.14. The first-order chi connectivity index (χ1) is 7.25. The van der Waals surface area contributed by atoms with Crippen molar-refractivity contribution in [3.05, 3.63) is 45.6 Å². The first-order valence-electron chi connectivity index (χ1n) is 4.57. The Bertz CT molecular complexity index is 440. The van der Waals surface area contributed by atoms with E-state index in [-0.39, 0.29) is 0 Å². The van der Waals surface area contributed by atoms with Crippen molar-refractivity contribution >= 4 is 34.3 Å². The van der Waals surface area contributed by atoms with Crippen LogP contribution in [0.5, 0.6) is 0 Å². The van der Waals surface area contributed by atoms with Crippen LogP contribution in [0.3, 0.4) is 0 Å². The molecule has 1 heterocycles. The van der Waals surface area contributed by atoms with Gasteiger partial charge in [0.05, 0.1) is 11.4 Å². The number of nitrogen functional groups attached to an aromatic ring is 1. The molecule has 15 heavy (non-hydrogen) atoms. The summed E-state index contributed by atoms with van der Waals surface area (Å²) in [5.74, 6) is 0. The summed E-state index contributed by atoms with van der Waals surface area (Å²) in [5.41, 5.74) is 7.42. The van der Waals surface area contributed by atoms with Gasteiger partial charge in [0.15, 0.2) is 0 Å². The van der Waals surface area contributed by atoms with Crippen LogP contribution in [0, 0.1) is 0 Å². The van der Waals surface area contributed by atoms with Crippen LogP contribution in [0.15, 0.2) is 35.7 Å². The normalized spacial score (nSPS) is 10.2. The molecule has 0 saturated heterocycles. The van der Waals surface area contributed by atoms with E-state index in [1.54, 1.807) is 17.4 Å². The maximum Gasteiger partial charge on any atom is 0.0577 e. The lowest BCUT2D eigenvalue weighted by Crippen LogP contribution is -2.00. The van der Waals surface area contributed by atoms with E-state index in [0.29, 0.717) is 10.7 Å². The zero-order chi connectivity index (χ0) is 10.7. The van der Waals surface area contributed by atoms with Crippen LogP contribution in [0.1, 0.15) is 4.88 Å². The number of thiophene rings is 1. The third-order valence-electron chi connectivity index (χ3n) is 2.05. The zero-order valence-electron chi connectivity index (χ0n) is 8.03. The van der Waals surface area contributed by atoms with Gasteiger partial charge in [0.25, 0.3) is 0 Å². The standard InChI is InChI=1S/C11H11ClN2S/c12-8-3-4-11(10(13)6-8)14-7-9-2-1-5-15-9/h1-6,14H,7,13H2. The number of hydrogen-bond acceptors (Lipinski definition) is 3. The summed E-state index contributed by atoms with van der Waals surface area (Å²) in [6.45, 7) is 0.795. The molecule has 0 amide bonds. The minimum absolute atomic E-state index is 0.661. The molecule has 0 bridgehead atoms. The number of halogens is 1. The molecule has 0 aliphatic rings. The lowest BCUT2D eigenvalue weighted by atomic mass is 10.2. The topological polar surface area (TPSA) is 38.0 Å². The number of benzene rings is 1. The van der Waals surface area contributed by atoms with Gasteiger partial charge in [-0.1, -0.05) is 17.7 Å². The molecule has 0 fully saturated rings. The Morgan fingerprint density at radius 3 is 2.87 bits per heavy atom. The van der Waals surface area contributed by atoms with Gasteiger partial charge in [0.1, 0.15) is 0 Å². The van der Waals surface area contributed by atoms with Crippen molar-refractivity contribution in [2.24, 2.45) is 0 Å². The van der Waals surface area contributed by atoms with Crippen molar-refractivity contribution in [2.75, 3.05) is 11.1 Å². The summed E-state index contributed by atoms with van der Waals surface area (Å²) in [7, 11) is 0. The molecule has 2 rings (SSSR count). The smallest absolute Gasteiger partial charge is 0.0577 e. The van der Waals surface area contributed by atoms with E-state index >= 15 is 0 Å². The first kappa shape index (κ1) is 10.3. The van der Waals surface area contributed by atoms with E-state index in [2.05, 4.69) is 16.8 Å². The van der Waals surface area contributed by atoms with Crippen molar-refractivity contribution in [3.8, 4) is 0 Å². The molecule has 0 atom stereocenters. The van der Waals surface area contributed by atoms with Gasteiger partial charge >= 0.3 is 0 Å². The second-order valence-corrected chi connectivity index (χ2v) is 4.63. The van der Waals surface area contributed by atoms with Gasteiger partial charge in [-0.2, -0.15) is 0 Å². The van der Waals surface area contributed by atoms with Gasteiger partial charge in [-0.15, -0.1) is 11.3 Å². The van der Waals surface area contributed by atoms with Crippen LogP contribution in [-0.4, -0.2) is 0 Å². The molecule has 4 heteroatoms. The number of hydrogen-bond donors (Lipinski definition) is 2. The summed E-state index contributed by atoms with van der Waals surface area (Å²) in [6, 6.07) is 9.59. The summed E-state index contributed by atoms with van der Waals surface area (Å²) in [6.07, 6.45) is 0. The second kappa shape index (κ2) is 4.55. The van der Waals surface area contributed by atoms with Crippen molar-refractivity contribution in [1.29, 1.82) is 0 Å². The lowest BCUT2D eigenvalue weighted by molar-refractivity contribution is 1.19. The van der Waals surface area contributed by atoms with Crippen molar-refractivity contribution in [2.45, 2.75) is 6.54 Å². The van der Waals surface area contributed by atoms with E-state index in [0.717, 1.165) is 12.2 Å². The summed E-state index contributed by atoms with van der Waals surface area (Å²) in [4.78, 5) is 1.28. The first-order valence-corrected chi connectivity index (χ1v) is 5.83. The van der Waals surface area contributed by atoms with Crippen LogP contribution in [0.25, 0.3) is 0 Å². The van der Waals surface area contributed by atoms with E-state index in [1.807, 2.05) is 18.2 Å². The fourth-order valence-electron chi connectivity index (χ4n) is 1.29. The largest absolute Gasteiger partial charge is 0.397 e. The van der Waals surface area contributed by atoms with Crippen LogP contribution in [-0.2, 0) is 6.54 Å². The Balaban J connectivity index is 2.05. The Morgan fingerprint density at radius 2 is 2.20 bits per heavy atom. The molecule has 1 aromatic carbocycles. The Labute approximate surface area is 97.7 Å². The number of anilines is 2. The quantitative estimate of drug-likeness (QED) is 0.802. The SMILES string of the molecule is Nc1cc(Cl)ccc1NCc1cccs1. The number of nitrogens with two attached hydrogens (primary N) is 1. The Hall–Kier alpha value is -1.19. The van der Waals surface area contributed by atoms with Crippen LogP contribution >= 0.6 is 22.9 Å². The molecule has 2 aromatic rings. The molecule has 0 saturated carbocycles. The van der Waals surface area contributed by atoms with Crippen LogP contribution in [0.2, 0.25) is 5.02 Å². The molecular formula is C11H11ClN2S. The van der Waals surface area contributed by atoms with E-state index < -0.39 is 0 Å². The molecule has 3 N–H and O–H groups in total. The maximum absolute atomic E-state index is 5.82. The van der Waals surface area contributed by atoms with Gasteiger partial charge in [-0.05, 0) is 29.6 Å². The highest BCUT2D eigenvalue weighted by Crippen LogP contribution is 2.23. The van der Waals surface area contributed by atoms with Gasteiger partial charge in [-0.3, -0.25) is 0 Å². The number of nitrogens with one attached hydrogen (secondary N) is 1. The average Bonchev–Trinajstić information content (AvgIpc) is 2.69. The molecule has 2 nitrogen and oxygen atoms in total. The molecule has 78 valence electrons. The molecule has 0 unspecified atom stereocenters. The fourth-order valence-corrected chi connectivity index (χ4v) is 2.12. The highest BCUT2D eigenvalue weighted by Gasteiger charge is 1.99. The molecule has 0 spiro atoms. The predicted molar refractivity (Wildman–Crippen MR) is 67.5 cm³/mol. The summed E-state index contributed by atoms with van der Waals surface area (Å²) >= 11 is 7.53. The summed E-state index contributed by atoms with van der Waals surface area (Å²) in [5, 5.41) is 5.99. The van der Waals surface area contributed by atoms with Crippen molar-refractivity contribution in [1.82, 2.24) is 0 Å². The van der Waals surface area contributed by atoms with Gasteiger partial charge in [0, 0.05) is 16.4 Å². The fraction of sp³-hybridized carbons (Fsp3) is 0.0909. The second-order valence-electron chi connectivity index (χ2n) is 3.16. The highest BCUT2D eigenvalue weighted by molar-refractivity contribution is 7.09. The Morgan fingerprint density at radius 1 is 1.33 bits per heavy atom. The molecule has 0 aliphatic carbocycles. The van der Waals surface area contributed by atoms with E-state index in [4.69, 9.17) is 17.3 Å². The minimum atomic E-state index is 0.661.